The van der Waals surface area contributed by atoms with E-state index in [1.54, 1.807) is 0 Å². The summed E-state index contributed by atoms with van der Waals surface area (Å²) in [6.07, 6.45) is 1.77. The van der Waals surface area contributed by atoms with E-state index in [4.69, 9.17) is 9.97 Å². The van der Waals surface area contributed by atoms with Crippen molar-refractivity contribution in [1.29, 1.82) is 0 Å². The molecule has 28 heavy (non-hydrogen) atoms. The van der Waals surface area contributed by atoms with Crippen LogP contribution in [0.4, 0.5) is 0 Å². The maximum atomic E-state index is 4.95. The second-order valence-corrected chi connectivity index (χ2v) is 6.74. The molecule has 0 atom stereocenters. The number of nitrogens with zero attached hydrogens (tertiary/aromatic N) is 3. The summed E-state index contributed by atoms with van der Waals surface area (Å²) in [5.74, 6) is 1.10. The van der Waals surface area contributed by atoms with Crippen LogP contribution in [0.2, 0.25) is 0 Å². The third kappa shape index (κ3) is 3.24. The number of fused-ring (bicyclic) bond motifs is 4. The lowest BCUT2D eigenvalue weighted by atomic mass is 10.1. The molecule has 0 radical (unpaired) electrons. The minimum atomic E-state index is 0.880. The molecule has 0 aliphatic heterocycles. The Morgan fingerprint density at radius 2 is 1.43 bits per heavy atom. The smallest absolute Gasteiger partial charge is 0.110 e. The average molecular weight is 367 g/mol. The molecule has 0 N–H and O–H groups in total. The van der Waals surface area contributed by atoms with Gasteiger partial charge in [0.2, 0.25) is 0 Å². The molecule has 140 valence electrons. The van der Waals surface area contributed by atoms with Crippen LogP contribution in [0.15, 0.2) is 72.8 Å². The summed E-state index contributed by atoms with van der Waals surface area (Å²) in [5.41, 5.74) is 4.44. The summed E-state index contributed by atoms with van der Waals surface area (Å²) in [6.45, 7) is 4.00. The molecule has 3 aromatic carbocycles. The third-order valence-electron chi connectivity index (χ3n) is 5.13. The van der Waals surface area contributed by atoms with Crippen LogP contribution in [0.5, 0.6) is 0 Å². The summed E-state index contributed by atoms with van der Waals surface area (Å²) < 4.78 is 2.21. The van der Waals surface area contributed by atoms with Crippen molar-refractivity contribution in [3.8, 4) is 0 Å². The molecule has 5 aromatic rings. The van der Waals surface area contributed by atoms with Crippen LogP contribution in [-0.4, -0.2) is 14.5 Å². The van der Waals surface area contributed by atoms with E-state index >= 15 is 0 Å². The van der Waals surface area contributed by atoms with Gasteiger partial charge in [-0.15, -0.1) is 0 Å². The molecule has 0 spiro atoms. The molecule has 3 heteroatoms. The van der Waals surface area contributed by atoms with Gasteiger partial charge in [0.05, 0.1) is 16.6 Å². The Hall–Kier alpha value is -3.20. The van der Waals surface area contributed by atoms with Gasteiger partial charge in [-0.2, -0.15) is 0 Å². The van der Waals surface area contributed by atoms with Crippen LogP contribution in [-0.2, 0) is 19.9 Å². The van der Waals surface area contributed by atoms with E-state index < -0.39 is 0 Å². The number of benzene rings is 3. The van der Waals surface area contributed by atoms with E-state index in [2.05, 4.69) is 72.3 Å². The van der Waals surface area contributed by atoms with Gasteiger partial charge >= 0.3 is 0 Å². The number of para-hydroxylation sites is 1. The molecule has 0 saturated carbocycles. The number of hydrogen-bond acceptors (Lipinski definition) is 2. The average Bonchev–Trinajstić information content (AvgIpc) is 3.09. The monoisotopic (exact) mass is 367 g/mol. The van der Waals surface area contributed by atoms with Crippen LogP contribution in [0.1, 0.15) is 25.4 Å². The normalized spacial score (nSPS) is 11.0. The molecule has 0 saturated heterocycles. The molecular formula is C25H25N3. The summed E-state index contributed by atoms with van der Waals surface area (Å²) in [7, 11) is 2.10. The Morgan fingerprint density at radius 3 is 2.29 bits per heavy atom. The van der Waals surface area contributed by atoms with E-state index in [1.165, 1.54) is 21.7 Å². The van der Waals surface area contributed by atoms with Gasteiger partial charge in [-0.25, -0.2) is 4.98 Å². The topological polar surface area (TPSA) is 30.7 Å². The van der Waals surface area contributed by atoms with Crippen LogP contribution in [0.25, 0.3) is 32.7 Å². The maximum Gasteiger partial charge on any atom is 0.110 e. The minimum Gasteiger partial charge on any atom is -0.331 e. The van der Waals surface area contributed by atoms with Crippen molar-refractivity contribution < 1.29 is 0 Å². The number of rotatable bonds is 3. The Kier molecular flexibility index (Phi) is 5.07. The molecule has 3 nitrogen and oxygen atoms in total. The molecule has 0 bridgehead atoms. The highest BCUT2D eigenvalue weighted by Crippen LogP contribution is 2.25. The van der Waals surface area contributed by atoms with Crippen LogP contribution < -0.4 is 0 Å². The lowest BCUT2D eigenvalue weighted by Crippen LogP contribution is -2.01. The number of aryl methyl sites for hydroxylation is 3. The van der Waals surface area contributed by atoms with E-state index in [9.17, 15) is 0 Å². The summed E-state index contributed by atoms with van der Waals surface area (Å²) in [5, 5.41) is 3.64. The highest BCUT2D eigenvalue weighted by molar-refractivity contribution is 6.04. The molecule has 0 fully saturated rings. The Balaban J connectivity index is 0.000000932. The fourth-order valence-electron chi connectivity index (χ4n) is 3.69. The fraction of sp³-hybridized carbons (Fsp3) is 0.200. The first-order valence-corrected chi connectivity index (χ1v) is 9.97. The van der Waals surface area contributed by atoms with E-state index in [1.807, 2.05) is 26.0 Å². The maximum absolute atomic E-state index is 4.95. The zero-order valence-corrected chi connectivity index (χ0v) is 16.7. The van der Waals surface area contributed by atoms with E-state index in [0.29, 0.717) is 0 Å². The molecule has 5 rings (SSSR count). The van der Waals surface area contributed by atoms with Crippen LogP contribution in [0, 0.1) is 0 Å². The Morgan fingerprint density at radius 1 is 0.714 bits per heavy atom. The van der Waals surface area contributed by atoms with Gasteiger partial charge in [0.25, 0.3) is 0 Å². The zero-order valence-electron chi connectivity index (χ0n) is 16.7. The summed E-state index contributed by atoms with van der Waals surface area (Å²) in [4.78, 5) is 9.74. The van der Waals surface area contributed by atoms with Crippen molar-refractivity contribution >= 4 is 32.7 Å². The Labute approximate surface area is 165 Å². The van der Waals surface area contributed by atoms with Gasteiger partial charge in [0.15, 0.2) is 0 Å². The lowest BCUT2D eigenvalue weighted by Gasteiger charge is -2.04. The highest BCUT2D eigenvalue weighted by atomic mass is 15.1. The van der Waals surface area contributed by atoms with Gasteiger partial charge in [-0.3, -0.25) is 4.98 Å². The lowest BCUT2D eigenvalue weighted by molar-refractivity contribution is 0.778. The molecular weight excluding hydrogens is 342 g/mol. The van der Waals surface area contributed by atoms with E-state index in [0.717, 1.165) is 35.4 Å². The van der Waals surface area contributed by atoms with Crippen molar-refractivity contribution in [2.75, 3.05) is 0 Å². The standard InChI is InChI=1S/C23H19N3.C2H6/c1-26-21-14-11-16-6-2-4-8-19(16)23(21)25-22(26)15-13-18-12-10-17-7-3-5-9-20(17)24-18;1-2/h2-12,14H,13,15H2,1H3;1-2H3. The SMILES string of the molecule is CC.Cn1c(CCc2ccc3ccccc3n2)nc2c3ccccc3ccc21. The van der Waals surface area contributed by atoms with Crippen molar-refractivity contribution in [1.82, 2.24) is 14.5 Å². The van der Waals surface area contributed by atoms with Gasteiger partial charge in [-0.1, -0.05) is 68.4 Å². The summed E-state index contributed by atoms with van der Waals surface area (Å²) in [6, 6.07) is 25.3. The number of aromatic nitrogens is 3. The molecule has 0 aliphatic carbocycles. The van der Waals surface area contributed by atoms with Crippen LogP contribution >= 0.6 is 0 Å². The quantitative estimate of drug-likeness (QED) is 0.386. The number of imidazole rings is 1. The van der Waals surface area contributed by atoms with Gasteiger partial charge in [0, 0.05) is 29.9 Å². The number of pyridine rings is 1. The zero-order chi connectivity index (χ0) is 19.5. The first kappa shape index (κ1) is 18.2. The first-order chi connectivity index (χ1) is 13.8. The molecule has 0 unspecified atom stereocenters. The first-order valence-electron chi connectivity index (χ1n) is 9.97. The van der Waals surface area contributed by atoms with Crippen molar-refractivity contribution in [3.05, 3.63) is 84.3 Å². The molecule has 2 heterocycles. The Bertz CT molecular complexity index is 1250. The van der Waals surface area contributed by atoms with Gasteiger partial charge < -0.3 is 4.57 Å². The predicted molar refractivity (Wildman–Crippen MR) is 119 cm³/mol. The molecule has 2 aromatic heterocycles. The molecule has 0 aliphatic rings. The predicted octanol–water partition coefficient (Wildman–Crippen LogP) is 6.09. The minimum absolute atomic E-state index is 0.880. The second-order valence-electron chi connectivity index (χ2n) is 6.74. The van der Waals surface area contributed by atoms with Crippen LogP contribution in [0.3, 0.4) is 0 Å². The molecule has 0 amide bonds. The van der Waals surface area contributed by atoms with Crippen molar-refractivity contribution in [2.45, 2.75) is 26.7 Å². The van der Waals surface area contributed by atoms with Crippen molar-refractivity contribution in [2.24, 2.45) is 7.05 Å². The highest BCUT2D eigenvalue weighted by Gasteiger charge is 2.11. The fourth-order valence-corrected chi connectivity index (χ4v) is 3.69. The summed E-state index contributed by atoms with van der Waals surface area (Å²) >= 11 is 0. The second kappa shape index (κ2) is 7.81. The van der Waals surface area contributed by atoms with Gasteiger partial charge in [-0.05, 0) is 30.0 Å². The van der Waals surface area contributed by atoms with Crippen molar-refractivity contribution in [3.63, 3.8) is 0 Å². The van der Waals surface area contributed by atoms with E-state index in [-0.39, 0.29) is 0 Å². The van der Waals surface area contributed by atoms with Gasteiger partial charge in [0.1, 0.15) is 5.82 Å². The number of hydrogen-bond donors (Lipinski definition) is 0. The third-order valence-corrected chi connectivity index (χ3v) is 5.13. The largest absolute Gasteiger partial charge is 0.331 e.